The molecule has 1 atom stereocenters. The minimum atomic E-state index is -4.26. The third-order valence-corrected chi connectivity index (χ3v) is 7.53. The van der Waals surface area contributed by atoms with Crippen LogP contribution >= 0.6 is 11.6 Å². The minimum Gasteiger partial charge on any atom is -0.445 e. The maximum Gasteiger partial charge on any atom is 0.340 e. The van der Waals surface area contributed by atoms with Crippen LogP contribution in [0.5, 0.6) is 0 Å². The normalized spacial score (nSPS) is 11.9. The van der Waals surface area contributed by atoms with E-state index in [0.29, 0.717) is 16.1 Å². The molecule has 0 aliphatic carbocycles. The number of halogens is 1. The van der Waals surface area contributed by atoms with Gasteiger partial charge in [0.2, 0.25) is 15.6 Å². The van der Waals surface area contributed by atoms with Gasteiger partial charge in [-0.15, -0.1) is 0 Å². The highest BCUT2D eigenvalue weighted by molar-refractivity contribution is 7.91. The summed E-state index contributed by atoms with van der Waals surface area (Å²) in [5, 5.41) is 11.3. The first kappa shape index (κ1) is 25.7. The van der Waals surface area contributed by atoms with Crippen LogP contribution in [0.3, 0.4) is 0 Å². The van der Waals surface area contributed by atoms with Crippen LogP contribution in [0.4, 0.5) is 5.69 Å². The molecule has 37 heavy (non-hydrogen) atoms. The minimum absolute atomic E-state index is 0.243. The van der Waals surface area contributed by atoms with Crippen molar-refractivity contribution in [1.82, 2.24) is 0 Å². The van der Waals surface area contributed by atoms with Crippen molar-refractivity contribution in [3.05, 3.63) is 135 Å². The van der Waals surface area contributed by atoms with Crippen LogP contribution in [0.1, 0.15) is 32.4 Å². The number of non-ortho nitro benzene ring substituents is 1. The van der Waals surface area contributed by atoms with Crippen molar-refractivity contribution in [2.45, 2.75) is 15.9 Å². The first-order valence-electron chi connectivity index (χ1n) is 10.8. The van der Waals surface area contributed by atoms with E-state index in [1.165, 1.54) is 24.3 Å². The summed E-state index contributed by atoms with van der Waals surface area (Å²) in [4.78, 5) is 36.3. The molecule has 0 bridgehead atoms. The number of hydrogen-bond donors (Lipinski definition) is 0. The Labute approximate surface area is 217 Å². The molecule has 0 aliphatic rings. The number of nitro benzene ring substituents is 1. The topological polar surface area (TPSA) is 121 Å². The van der Waals surface area contributed by atoms with Crippen LogP contribution in [-0.4, -0.2) is 25.1 Å². The van der Waals surface area contributed by atoms with E-state index in [1.807, 2.05) is 0 Å². The summed E-state index contributed by atoms with van der Waals surface area (Å²) < 4.78 is 32.3. The molecule has 0 saturated heterocycles. The second-order valence-electron chi connectivity index (χ2n) is 7.82. The Hall–Kier alpha value is -4.34. The molecule has 186 valence electrons. The zero-order valence-corrected chi connectivity index (χ0v) is 20.6. The molecule has 0 aliphatic heterocycles. The third kappa shape index (κ3) is 5.58. The predicted molar refractivity (Wildman–Crippen MR) is 135 cm³/mol. The Kier molecular flexibility index (Phi) is 7.47. The van der Waals surface area contributed by atoms with Gasteiger partial charge in [0.25, 0.3) is 5.69 Å². The standard InChI is InChI=1S/C27H18ClNO7S/c28-20-12-10-19(11-13-20)26(25(30)18-6-2-1-3-7-18)36-27(31)23-8-4-5-9-24(23)37(34,35)22-16-14-21(15-17-22)29(32)33/h1-17,26H/t26-/m1/s1. The number of sulfone groups is 1. The van der Waals surface area contributed by atoms with Crippen molar-refractivity contribution < 1.29 is 27.7 Å². The summed E-state index contributed by atoms with van der Waals surface area (Å²) in [5.41, 5.74) is 0.0712. The van der Waals surface area contributed by atoms with Gasteiger partial charge in [-0.25, -0.2) is 13.2 Å². The molecule has 8 nitrogen and oxygen atoms in total. The van der Waals surface area contributed by atoms with Gasteiger partial charge in [0.15, 0.2) is 6.10 Å². The van der Waals surface area contributed by atoms with E-state index in [9.17, 15) is 28.1 Å². The highest BCUT2D eigenvalue weighted by atomic mass is 35.5. The van der Waals surface area contributed by atoms with Gasteiger partial charge >= 0.3 is 5.97 Å². The lowest BCUT2D eigenvalue weighted by molar-refractivity contribution is -0.384. The zero-order valence-electron chi connectivity index (χ0n) is 19.0. The number of nitro groups is 1. The SMILES string of the molecule is O=C(O[C@@H](C(=O)c1ccccc1)c1ccc(Cl)cc1)c1ccccc1S(=O)(=O)c1ccc([N+](=O)[O-])cc1. The lowest BCUT2D eigenvalue weighted by atomic mass is 9.99. The molecule has 0 fully saturated rings. The number of ketones is 1. The molecule has 4 aromatic rings. The van der Waals surface area contributed by atoms with Crippen molar-refractivity contribution in [2.24, 2.45) is 0 Å². The maximum atomic E-state index is 13.3. The molecule has 0 amide bonds. The molecule has 0 N–H and O–H groups in total. The van der Waals surface area contributed by atoms with Crippen molar-refractivity contribution in [3.8, 4) is 0 Å². The van der Waals surface area contributed by atoms with Crippen molar-refractivity contribution in [3.63, 3.8) is 0 Å². The van der Waals surface area contributed by atoms with Crippen LogP contribution in [0, 0.1) is 10.1 Å². The van der Waals surface area contributed by atoms with Crippen LogP contribution in [-0.2, 0) is 14.6 Å². The Morgan fingerprint density at radius 1 is 0.811 bits per heavy atom. The first-order valence-corrected chi connectivity index (χ1v) is 12.7. The van der Waals surface area contributed by atoms with E-state index < -0.39 is 32.6 Å². The van der Waals surface area contributed by atoms with E-state index in [4.69, 9.17) is 16.3 Å². The maximum absolute atomic E-state index is 13.3. The van der Waals surface area contributed by atoms with E-state index in [0.717, 1.165) is 24.3 Å². The van der Waals surface area contributed by atoms with Crippen LogP contribution in [0.15, 0.2) is 113 Å². The average molecular weight is 536 g/mol. The second-order valence-corrected chi connectivity index (χ2v) is 10.2. The number of nitrogens with zero attached hydrogens (tertiary/aromatic N) is 1. The summed E-state index contributed by atoms with van der Waals surface area (Å²) in [6, 6.07) is 24.1. The second kappa shape index (κ2) is 10.7. The largest absolute Gasteiger partial charge is 0.445 e. The number of rotatable bonds is 8. The lowest BCUT2D eigenvalue weighted by Gasteiger charge is -2.19. The van der Waals surface area contributed by atoms with E-state index >= 15 is 0 Å². The zero-order chi connectivity index (χ0) is 26.6. The van der Waals surface area contributed by atoms with Gasteiger partial charge in [0, 0.05) is 28.3 Å². The van der Waals surface area contributed by atoms with Gasteiger partial charge in [0.1, 0.15) is 0 Å². The first-order chi connectivity index (χ1) is 17.7. The molecule has 4 aromatic carbocycles. The molecule has 0 heterocycles. The number of carbonyl (C=O) groups is 2. The van der Waals surface area contributed by atoms with E-state index in [1.54, 1.807) is 54.6 Å². The van der Waals surface area contributed by atoms with Gasteiger partial charge in [-0.05, 0) is 36.4 Å². The van der Waals surface area contributed by atoms with Crippen molar-refractivity contribution >= 4 is 38.9 Å². The fourth-order valence-corrected chi connectivity index (χ4v) is 5.15. The van der Waals surface area contributed by atoms with Crippen LogP contribution in [0.2, 0.25) is 5.02 Å². The van der Waals surface area contributed by atoms with Gasteiger partial charge < -0.3 is 4.74 Å². The Morgan fingerprint density at radius 2 is 1.41 bits per heavy atom. The van der Waals surface area contributed by atoms with Gasteiger partial charge in [-0.2, -0.15) is 0 Å². The molecule has 0 aromatic heterocycles. The molecule has 0 saturated carbocycles. The lowest BCUT2D eigenvalue weighted by Crippen LogP contribution is -2.21. The molecule has 0 spiro atoms. The van der Waals surface area contributed by atoms with Crippen LogP contribution in [0.25, 0.3) is 0 Å². The Bertz CT molecular complexity index is 1570. The fourth-order valence-electron chi connectivity index (χ4n) is 3.58. The van der Waals surface area contributed by atoms with Crippen LogP contribution < -0.4 is 0 Å². The van der Waals surface area contributed by atoms with Gasteiger partial charge in [-0.1, -0.05) is 66.2 Å². The number of hydrogen-bond acceptors (Lipinski definition) is 7. The average Bonchev–Trinajstić information content (AvgIpc) is 2.92. The number of carbonyl (C=O) groups excluding carboxylic acids is 2. The molecule has 4 rings (SSSR count). The number of Topliss-reactive ketones (excluding diaryl/α,β-unsaturated/α-hetero) is 1. The summed E-state index contributed by atoms with van der Waals surface area (Å²) >= 11 is 5.97. The highest BCUT2D eigenvalue weighted by Crippen LogP contribution is 2.29. The fraction of sp³-hybridized carbons (Fsp3) is 0.0370. The predicted octanol–water partition coefficient (Wildman–Crippen LogP) is 5.86. The molecule has 0 radical (unpaired) electrons. The van der Waals surface area contributed by atoms with Gasteiger partial charge in [-0.3, -0.25) is 14.9 Å². The number of benzene rings is 4. The molecule has 10 heteroatoms. The Morgan fingerprint density at radius 3 is 2.03 bits per heavy atom. The summed E-state index contributed by atoms with van der Waals surface area (Å²) in [7, 11) is -4.26. The summed E-state index contributed by atoms with van der Waals surface area (Å²) in [6.07, 6.45) is -1.37. The highest BCUT2D eigenvalue weighted by Gasteiger charge is 2.30. The number of ether oxygens (including phenoxy) is 1. The Balaban J connectivity index is 1.72. The van der Waals surface area contributed by atoms with Crippen molar-refractivity contribution in [1.29, 1.82) is 0 Å². The van der Waals surface area contributed by atoms with Gasteiger partial charge in [0.05, 0.1) is 20.3 Å². The van der Waals surface area contributed by atoms with E-state index in [-0.39, 0.29) is 21.0 Å². The molecule has 0 unspecified atom stereocenters. The molecular weight excluding hydrogens is 518 g/mol. The third-order valence-electron chi connectivity index (χ3n) is 5.45. The van der Waals surface area contributed by atoms with Crippen molar-refractivity contribution in [2.75, 3.05) is 0 Å². The molecular formula is C27H18ClNO7S. The number of esters is 1. The summed E-state index contributed by atoms with van der Waals surface area (Å²) in [5.74, 6) is -1.54. The van der Waals surface area contributed by atoms with E-state index in [2.05, 4.69) is 0 Å². The quantitative estimate of drug-likeness (QED) is 0.120. The summed E-state index contributed by atoms with van der Waals surface area (Å²) in [6.45, 7) is 0. The smallest absolute Gasteiger partial charge is 0.340 e. The monoisotopic (exact) mass is 535 g/mol.